The first kappa shape index (κ1) is 10.1. The lowest BCUT2D eigenvalue weighted by molar-refractivity contribution is -0.145. The topological polar surface area (TPSA) is 43.4 Å². The van der Waals surface area contributed by atoms with E-state index in [-0.39, 0.29) is 17.8 Å². The summed E-state index contributed by atoms with van der Waals surface area (Å²) in [5.74, 6) is -0.497. The molecule has 2 unspecified atom stereocenters. The molecule has 0 heterocycles. The molecule has 3 heteroatoms. The predicted octanol–water partition coefficient (Wildman–Crippen LogP) is 1.02. The van der Waals surface area contributed by atoms with Crippen molar-refractivity contribution in [3.8, 4) is 0 Å². The number of aldehydes is 1. The van der Waals surface area contributed by atoms with Crippen molar-refractivity contribution in [2.24, 2.45) is 11.8 Å². The zero-order valence-electron chi connectivity index (χ0n) is 7.16. The molecule has 0 aromatic rings. The van der Waals surface area contributed by atoms with Gasteiger partial charge in [-0.05, 0) is 6.42 Å². The smallest absolute Gasteiger partial charge is 0.308 e. The number of carbonyl (C=O) groups excluding carboxylic acids is 2. The SMILES string of the molecule is COC(=O)C(C)CC(C)C=O. The molecule has 0 fully saturated rings. The molecular weight excluding hydrogens is 144 g/mol. The van der Waals surface area contributed by atoms with Gasteiger partial charge in [0, 0.05) is 5.92 Å². The summed E-state index contributed by atoms with van der Waals surface area (Å²) in [4.78, 5) is 21.0. The minimum atomic E-state index is -0.251. The highest BCUT2D eigenvalue weighted by Crippen LogP contribution is 2.10. The number of methoxy groups -OCH3 is 1. The Bertz CT molecular complexity index is 142. The highest BCUT2D eigenvalue weighted by Gasteiger charge is 2.15. The lowest BCUT2D eigenvalue weighted by atomic mass is 9.99. The summed E-state index contributed by atoms with van der Waals surface area (Å²) in [6.07, 6.45) is 1.41. The predicted molar refractivity (Wildman–Crippen MR) is 41.0 cm³/mol. The van der Waals surface area contributed by atoms with E-state index < -0.39 is 0 Å². The second-order valence-corrected chi connectivity index (χ2v) is 2.77. The molecule has 0 aromatic carbocycles. The molecule has 0 aliphatic carbocycles. The summed E-state index contributed by atoms with van der Waals surface area (Å²) in [6.45, 7) is 3.54. The highest BCUT2D eigenvalue weighted by atomic mass is 16.5. The van der Waals surface area contributed by atoms with Gasteiger partial charge in [0.15, 0.2) is 0 Å². The number of esters is 1. The zero-order valence-corrected chi connectivity index (χ0v) is 7.16. The number of rotatable bonds is 4. The molecule has 0 bridgehead atoms. The maximum atomic E-state index is 10.8. The largest absolute Gasteiger partial charge is 0.469 e. The molecule has 0 aliphatic rings. The van der Waals surface area contributed by atoms with Crippen molar-refractivity contribution < 1.29 is 14.3 Å². The van der Waals surface area contributed by atoms with Crippen LogP contribution in [0.25, 0.3) is 0 Å². The van der Waals surface area contributed by atoms with Crippen LogP contribution in [-0.2, 0) is 14.3 Å². The van der Waals surface area contributed by atoms with Crippen LogP contribution in [0.1, 0.15) is 20.3 Å². The number of hydrogen-bond donors (Lipinski definition) is 0. The Morgan fingerprint density at radius 2 is 2.09 bits per heavy atom. The summed E-state index contributed by atoms with van der Waals surface area (Å²) in [5, 5.41) is 0. The molecule has 0 radical (unpaired) electrons. The van der Waals surface area contributed by atoms with Gasteiger partial charge < -0.3 is 9.53 Å². The molecule has 0 saturated carbocycles. The molecule has 0 aliphatic heterocycles. The van der Waals surface area contributed by atoms with Gasteiger partial charge in [-0.1, -0.05) is 13.8 Å². The molecule has 2 atom stereocenters. The van der Waals surface area contributed by atoms with Crippen LogP contribution in [0.2, 0.25) is 0 Å². The number of hydrogen-bond acceptors (Lipinski definition) is 3. The summed E-state index contributed by atoms with van der Waals surface area (Å²) in [6, 6.07) is 0. The minimum absolute atomic E-state index is 0.0656. The average Bonchev–Trinajstić information content (AvgIpc) is 2.02. The highest BCUT2D eigenvalue weighted by molar-refractivity contribution is 5.72. The van der Waals surface area contributed by atoms with Crippen LogP contribution in [-0.4, -0.2) is 19.4 Å². The van der Waals surface area contributed by atoms with Crippen LogP contribution in [0.4, 0.5) is 0 Å². The van der Waals surface area contributed by atoms with E-state index in [0.717, 1.165) is 6.29 Å². The lowest BCUT2D eigenvalue weighted by Crippen LogP contribution is -2.16. The van der Waals surface area contributed by atoms with Crippen LogP contribution >= 0.6 is 0 Å². The maximum Gasteiger partial charge on any atom is 0.308 e. The molecule has 64 valence electrons. The third kappa shape index (κ3) is 3.75. The van der Waals surface area contributed by atoms with Gasteiger partial charge >= 0.3 is 5.97 Å². The van der Waals surface area contributed by atoms with Gasteiger partial charge in [0.1, 0.15) is 6.29 Å². The van der Waals surface area contributed by atoms with Crippen molar-refractivity contribution in [2.45, 2.75) is 20.3 Å². The molecular formula is C8H14O3. The average molecular weight is 158 g/mol. The van der Waals surface area contributed by atoms with E-state index >= 15 is 0 Å². The van der Waals surface area contributed by atoms with Gasteiger partial charge in [0.05, 0.1) is 13.0 Å². The van der Waals surface area contributed by atoms with Crippen molar-refractivity contribution in [1.82, 2.24) is 0 Å². The number of carbonyl (C=O) groups is 2. The summed E-state index contributed by atoms with van der Waals surface area (Å²) >= 11 is 0. The summed E-state index contributed by atoms with van der Waals surface area (Å²) in [5.41, 5.74) is 0. The van der Waals surface area contributed by atoms with Gasteiger partial charge in [0.25, 0.3) is 0 Å². The molecule has 0 rings (SSSR count). The number of ether oxygens (including phenoxy) is 1. The van der Waals surface area contributed by atoms with E-state index in [1.165, 1.54) is 7.11 Å². The maximum absolute atomic E-state index is 10.8. The third-order valence-corrected chi connectivity index (χ3v) is 1.56. The fourth-order valence-corrected chi connectivity index (χ4v) is 0.911. The lowest BCUT2D eigenvalue weighted by Gasteiger charge is -2.09. The van der Waals surface area contributed by atoms with Crippen molar-refractivity contribution in [1.29, 1.82) is 0 Å². The normalized spacial score (nSPS) is 15.2. The first-order valence-corrected chi connectivity index (χ1v) is 3.65. The van der Waals surface area contributed by atoms with Crippen LogP contribution in [0, 0.1) is 11.8 Å². The standard InChI is InChI=1S/C8H14O3/c1-6(5-9)4-7(2)8(10)11-3/h5-7H,4H2,1-3H3. The Labute approximate surface area is 66.7 Å². The second kappa shape index (κ2) is 4.88. The Morgan fingerprint density at radius 3 is 2.45 bits per heavy atom. The van der Waals surface area contributed by atoms with Crippen LogP contribution < -0.4 is 0 Å². The Morgan fingerprint density at radius 1 is 1.55 bits per heavy atom. The van der Waals surface area contributed by atoms with Crippen molar-refractivity contribution in [3.05, 3.63) is 0 Å². The molecule has 3 nitrogen and oxygen atoms in total. The first-order valence-electron chi connectivity index (χ1n) is 3.65. The van der Waals surface area contributed by atoms with E-state index in [2.05, 4.69) is 4.74 Å². The van der Waals surface area contributed by atoms with E-state index in [1.54, 1.807) is 13.8 Å². The van der Waals surface area contributed by atoms with Crippen LogP contribution in [0.15, 0.2) is 0 Å². The quantitative estimate of drug-likeness (QED) is 0.453. The van der Waals surface area contributed by atoms with Crippen molar-refractivity contribution >= 4 is 12.3 Å². The first-order chi connectivity index (χ1) is 5.11. The van der Waals surface area contributed by atoms with Gasteiger partial charge in [-0.2, -0.15) is 0 Å². The van der Waals surface area contributed by atoms with Crippen LogP contribution in [0.3, 0.4) is 0 Å². The van der Waals surface area contributed by atoms with E-state index in [1.807, 2.05) is 0 Å². The molecule has 0 aromatic heterocycles. The van der Waals surface area contributed by atoms with Crippen LogP contribution in [0.5, 0.6) is 0 Å². The molecule has 0 saturated heterocycles. The van der Waals surface area contributed by atoms with E-state index in [4.69, 9.17) is 0 Å². The molecule has 0 amide bonds. The van der Waals surface area contributed by atoms with Crippen molar-refractivity contribution in [3.63, 3.8) is 0 Å². The van der Waals surface area contributed by atoms with Gasteiger partial charge in [0.2, 0.25) is 0 Å². The minimum Gasteiger partial charge on any atom is -0.469 e. The van der Waals surface area contributed by atoms with E-state index in [0.29, 0.717) is 6.42 Å². The Balaban J connectivity index is 3.76. The second-order valence-electron chi connectivity index (χ2n) is 2.77. The third-order valence-electron chi connectivity index (χ3n) is 1.56. The van der Waals surface area contributed by atoms with Crippen molar-refractivity contribution in [2.75, 3.05) is 7.11 Å². The monoisotopic (exact) mass is 158 g/mol. The van der Waals surface area contributed by atoms with Gasteiger partial charge in [-0.25, -0.2) is 0 Å². The fourth-order valence-electron chi connectivity index (χ4n) is 0.911. The van der Waals surface area contributed by atoms with Gasteiger partial charge in [-0.15, -0.1) is 0 Å². The van der Waals surface area contributed by atoms with E-state index in [9.17, 15) is 9.59 Å². The molecule has 0 spiro atoms. The molecule has 11 heavy (non-hydrogen) atoms. The van der Waals surface area contributed by atoms with Gasteiger partial charge in [-0.3, -0.25) is 4.79 Å². The molecule has 0 N–H and O–H groups in total. The Hall–Kier alpha value is -0.860. The Kier molecular flexibility index (Phi) is 4.50. The fraction of sp³-hybridized carbons (Fsp3) is 0.750. The summed E-state index contributed by atoms with van der Waals surface area (Å²) in [7, 11) is 1.35. The zero-order chi connectivity index (χ0) is 8.85. The summed E-state index contributed by atoms with van der Waals surface area (Å²) < 4.78 is 4.50.